The van der Waals surface area contributed by atoms with Gasteiger partial charge in [-0.2, -0.15) is 13.2 Å². The maximum Gasteiger partial charge on any atom is 0.471 e. The Hall–Kier alpha value is -3.23. The van der Waals surface area contributed by atoms with Crippen LogP contribution in [0, 0.1) is 0 Å². The van der Waals surface area contributed by atoms with Gasteiger partial charge in [-0.25, -0.2) is 0 Å². The number of rotatable bonds is 7. The van der Waals surface area contributed by atoms with Gasteiger partial charge in [-0.1, -0.05) is 18.2 Å². The number of amides is 2. The van der Waals surface area contributed by atoms with Gasteiger partial charge in [-0.15, -0.1) is 0 Å². The predicted molar refractivity (Wildman–Crippen MR) is 96.2 cm³/mol. The van der Waals surface area contributed by atoms with Crippen molar-refractivity contribution in [1.29, 1.82) is 0 Å². The summed E-state index contributed by atoms with van der Waals surface area (Å²) < 4.78 is 47.0. The van der Waals surface area contributed by atoms with Crippen molar-refractivity contribution < 1.29 is 32.2 Å². The van der Waals surface area contributed by atoms with E-state index in [1.165, 1.54) is 38.5 Å². The Morgan fingerprint density at radius 3 is 2.11 bits per heavy atom. The van der Waals surface area contributed by atoms with Crippen LogP contribution in [0.1, 0.15) is 11.1 Å². The lowest BCUT2D eigenvalue weighted by Crippen LogP contribution is -2.29. The molecule has 0 spiro atoms. The zero-order valence-corrected chi connectivity index (χ0v) is 15.2. The summed E-state index contributed by atoms with van der Waals surface area (Å²) in [6.45, 7) is 0.194. The van der Waals surface area contributed by atoms with E-state index in [0.717, 1.165) is 5.56 Å². The summed E-state index contributed by atoms with van der Waals surface area (Å²) in [5, 5.41) is 4.47. The Labute approximate surface area is 159 Å². The Morgan fingerprint density at radius 2 is 1.54 bits per heavy atom. The number of carbonyl (C=O) groups is 2. The first-order chi connectivity index (χ1) is 13.2. The van der Waals surface area contributed by atoms with Gasteiger partial charge < -0.3 is 20.1 Å². The summed E-state index contributed by atoms with van der Waals surface area (Å²) in [5.74, 6) is -1.20. The van der Waals surface area contributed by atoms with Crippen molar-refractivity contribution >= 4 is 17.5 Å². The second kappa shape index (κ2) is 9.12. The molecule has 0 heterocycles. The van der Waals surface area contributed by atoms with E-state index in [1.807, 2.05) is 0 Å². The molecule has 0 aliphatic carbocycles. The predicted octanol–water partition coefficient (Wildman–Crippen LogP) is 3.06. The molecule has 6 nitrogen and oxygen atoms in total. The number of hydrogen-bond donors (Lipinski definition) is 2. The Balaban J connectivity index is 1.88. The van der Waals surface area contributed by atoms with Crippen LogP contribution in [-0.2, 0) is 22.6 Å². The first kappa shape index (κ1) is 21.1. The van der Waals surface area contributed by atoms with Crippen LogP contribution in [0.25, 0.3) is 0 Å². The van der Waals surface area contributed by atoms with Crippen LogP contribution in [0.4, 0.5) is 18.9 Å². The number of carbonyl (C=O) groups excluding carboxylic acids is 2. The van der Waals surface area contributed by atoms with Gasteiger partial charge in [-0.05, 0) is 35.4 Å². The molecule has 0 atom stereocenters. The SMILES string of the molecule is COc1ccc(CC(=O)NCc2ccc(NC(=O)C(F)(F)F)cc2)cc1OC. The highest BCUT2D eigenvalue weighted by Gasteiger charge is 2.38. The van der Waals surface area contributed by atoms with Gasteiger partial charge in [0.25, 0.3) is 0 Å². The van der Waals surface area contributed by atoms with Crippen LogP contribution < -0.4 is 20.1 Å². The topological polar surface area (TPSA) is 76.7 Å². The van der Waals surface area contributed by atoms with E-state index < -0.39 is 12.1 Å². The number of benzene rings is 2. The normalized spacial score (nSPS) is 10.9. The van der Waals surface area contributed by atoms with Gasteiger partial charge in [0.2, 0.25) is 5.91 Å². The molecule has 2 aromatic carbocycles. The maximum atomic E-state index is 12.2. The molecule has 28 heavy (non-hydrogen) atoms. The fourth-order valence-corrected chi connectivity index (χ4v) is 2.35. The summed E-state index contributed by atoms with van der Waals surface area (Å²) in [7, 11) is 3.02. The number of halogens is 3. The second-order valence-electron chi connectivity index (χ2n) is 5.79. The highest BCUT2D eigenvalue weighted by atomic mass is 19.4. The Morgan fingerprint density at radius 1 is 0.929 bits per heavy atom. The Kier molecular flexibility index (Phi) is 6.86. The van der Waals surface area contributed by atoms with Gasteiger partial charge in [-0.3, -0.25) is 9.59 Å². The molecule has 150 valence electrons. The molecule has 9 heteroatoms. The number of methoxy groups -OCH3 is 2. The highest BCUT2D eigenvalue weighted by molar-refractivity contribution is 5.94. The lowest BCUT2D eigenvalue weighted by atomic mass is 10.1. The molecular weight excluding hydrogens is 377 g/mol. The molecule has 0 radical (unpaired) electrons. The van der Waals surface area contributed by atoms with E-state index in [0.29, 0.717) is 17.1 Å². The van der Waals surface area contributed by atoms with Crippen LogP contribution >= 0.6 is 0 Å². The van der Waals surface area contributed by atoms with Crippen molar-refractivity contribution in [3.05, 3.63) is 53.6 Å². The number of hydrogen-bond acceptors (Lipinski definition) is 4. The summed E-state index contributed by atoms with van der Waals surface area (Å²) in [6, 6.07) is 10.9. The van der Waals surface area contributed by atoms with Crippen molar-refractivity contribution in [3.8, 4) is 11.5 Å². The molecule has 0 bridgehead atoms. The molecule has 2 amide bonds. The molecule has 0 aliphatic rings. The third-order valence-electron chi connectivity index (χ3n) is 3.77. The van der Waals surface area contributed by atoms with Gasteiger partial charge in [0.05, 0.1) is 20.6 Å². The quantitative estimate of drug-likeness (QED) is 0.754. The molecule has 0 aromatic heterocycles. The number of alkyl halides is 3. The molecule has 0 aliphatic heterocycles. The monoisotopic (exact) mass is 396 g/mol. The van der Waals surface area contributed by atoms with E-state index in [-0.39, 0.29) is 24.6 Å². The molecular formula is C19H19F3N2O4. The largest absolute Gasteiger partial charge is 0.493 e. The lowest BCUT2D eigenvalue weighted by molar-refractivity contribution is -0.167. The van der Waals surface area contributed by atoms with E-state index in [4.69, 9.17) is 9.47 Å². The summed E-state index contributed by atoms with van der Waals surface area (Å²) in [6.07, 6.45) is -4.82. The molecule has 2 aromatic rings. The van der Waals surface area contributed by atoms with Crippen LogP contribution in [0.2, 0.25) is 0 Å². The fourth-order valence-electron chi connectivity index (χ4n) is 2.35. The smallest absolute Gasteiger partial charge is 0.471 e. The van der Waals surface area contributed by atoms with Crippen LogP contribution in [0.15, 0.2) is 42.5 Å². The minimum Gasteiger partial charge on any atom is -0.493 e. The standard InChI is InChI=1S/C19H19F3N2O4/c1-27-15-8-5-13(9-16(15)28-2)10-17(25)23-11-12-3-6-14(7-4-12)24-18(26)19(20,21)22/h3-9H,10-11H2,1-2H3,(H,23,25)(H,24,26). The molecule has 0 unspecified atom stereocenters. The number of ether oxygens (including phenoxy) is 2. The number of anilines is 1. The first-order valence-corrected chi connectivity index (χ1v) is 8.17. The second-order valence-corrected chi connectivity index (χ2v) is 5.79. The average Bonchev–Trinajstić information content (AvgIpc) is 2.66. The highest BCUT2D eigenvalue weighted by Crippen LogP contribution is 2.27. The van der Waals surface area contributed by atoms with E-state index in [2.05, 4.69) is 5.32 Å². The van der Waals surface area contributed by atoms with Gasteiger partial charge in [0.15, 0.2) is 11.5 Å². The van der Waals surface area contributed by atoms with Crippen LogP contribution in [0.5, 0.6) is 11.5 Å². The summed E-state index contributed by atoms with van der Waals surface area (Å²) >= 11 is 0. The zero-order chi connectivity index (χ0) is 20.7. The number of nitrogens with one attached hydrogen (secondary N) is 2. The van der Waals surface area contributed by atoms with E-state index in [1.54, 1.807) is 23.5 Å². The van der Waals surface area contributed by atoms with Crippen molar-refractivity contribution in [2.75, 3.05) is 19.5 Å². The van der Waals surface area contributed by atoms with Crippen molar-refractivity contribution in [2.24, 2.45) is 0 Å². The summed E-state index contributed by atoms with van der Waals surface area (Å²) in [4.78, 5) is 23.0. The van der Waals surface area contributed by atoms with Crippen LogP contribution in [-0.4, -0.2) is 32.2 Å². The zero-order valence-electron chi connectivity index (χ0n) is 15.2. The van der Waals surface area contributed by atoms with Gasteiger partial charge >= 0.3 is 12.1 Å². The summed E-state index contributed by atoms with van der Waals surface area (Å²) in [5.41, 5.74) is 1.42. The van der Waals surface area contributed by atoms with Crippen molar-refractivity contribution in [1.82, 2.24) is 5.32 Å². The van der Waals surface area contributed by atoms with E-state index >= 15 is 0 Å². The van der Waals surface area contributed by atoms with Crippen LogP contribution in [0.3, 0.4) is 0 Å². The minimum atomic E-state index is -4.95. The lowest BCUT2D eigenvalue weighted by Gasteiger charge is -2.11. The first-order valence-electron chi connectivity index (χ1n) is 8.17. The fraction of sp³-hybridized carbons (Fsp3) is 0.263. The minimum absolute atomic E-state index is 0.0164. The van der Waals surface area contributed by atoms with Crippen molar-refractivity contribution in [2.45, 2.75) is 19.1 Å². The third-order valence-corrected chi connectivity index (χ3v) is 3.77. The van der Waals surface area contributed by atoms with Gasteiger partial charge in [0, 0.05) is 12.2 Å². The van der Waals surface area contributed by atoms with E-state index in [9.17, 15) is 22.8 Å². The molecule has 0 saturated carbocycles. The Bertz CT molecular complexity index is 836. The average molecular weight is 396 g/mol. The molecule has 0 fully saturated rings. The third kappa shape index (κ3) is 5.90. The van der Waals surface area contributed by atoms with Crippen molar-refractivity contribution in [3.63, 3.8) is 0 Å². The molecule has 2 N–H and O–H groups in total. The van der Waals surface area contributed by atoms with Gasteiger partial charge in [0.1, 0.15) is 0 Å². The maximum absolute atomic E-state index is 12.2. The molecule has 0 saturated heterocycles. The molecule has 2 rings (SSSR count).